The van der Waals surface area contributed by atoms with E-state index >= 15 is 0 Å². The van der Waals surface area contributed by atoms with E-state index in [1.165, 1.54) is 0 Å². The summed E-state index contributed by atoms with van der Waals surface area (Å²) in [5.41, 5.74) is 1.79. The van der Waals surface area contributed by atoms with Crippen LogP contribution in [0.5, 0.6) is 0 Å². The minimum Gasteiger partial charge on any atom is -0.357 e. The molecule has 0 saturated heterocycles. The van der Waals surface area contributed by atoms with E-state index in [0.717, 1.165) is 30.9 Å². The average Bonchev–Trinajstić information content (AvgIpc) is 2.66. The van der Waals surface area contributed by atoms with Crippen LogP contribution in [0.25, 0.3) is 0 Å². The number of anilines is 1. The molecular weight excluding hydrogens is 493 g/mol. The molecule has 0 aliphatic rings. The van der Waals surface area contributed by atoms with Crippen molar-refractivity contribution in [3.8, 4) is 0 Å². The summed E-state index contributed by atoms with van der Waals surface area (Å²) in [6.45, 7) is 13.2. The monoisotopic (exact) mass is 531 g/mol. The topological polar surface area (TPSA) is 85.8 Å². The summed E-state index contributed by atoms with van der Waals surface area (Å²) in [7, 11) is 0. The predicted octanol–water partition coefficient (Wildman–Crippen LogP) is 3.60. The van der Waals surface area contributed by atoms with Gasteiger partial charge < -0.3 is 20.9 Å². The first-order valence-electron chi connectivity index (χ1n) is 10.6. The first-order valence-corrected chi connectivity index (χ1v) is 10.6. The maximum Gasteiger partial charge on any atom is 0.224 e. The van der Waals surface area contributed by atoms with Gasteiger partial charge in [-0.2, -0.15) is 0 Å². The van der Waals surface area contributed by atoms with Crippen molar-refractivity contribution in [3.63, 3.8) is 0 Å². The van der Waals surface area contributed by atoms with Gasteiger partial charge in [-0.3, -0.25) is 9.59 Å². The molecule has 1 rings (SSSR count). The van der Waals surface area contributed by atoms with E-state index in [1.54, 1.807) is 0 Å². The maximum atomic E-state index is 12.1. The van der Waals surface area contributed by atoms with Gasteiger partial charge in [-0.05, 0) is 44.4 Å². The second kappa shape index (κ2) is 15.9. The van der Waals surface area contributed by atoms with Gasteiger partial charge in [-0.25, -0.2) is 4.99 Å². The van der Waals surface area contributed by atoms with Crippen molar-refractivity contribution in [2.45, 2.75) is 54.0 Å². The molecule has 0 heterocycles. The zero-order chi connectivity index (χ0) is 21.6. The molecule has 0 aromatic heterocycles. The highest BCUT2D eigenvalue weighted by molar-refractivity contribution is 14.0. The third-order valence-corrected chi connectivity index (χ3v) is 4.32. The van der Waals surface area contributed by atoms with E-state index in [4.69, 9.17) is 0 Å². The van der Waals surface area contributed by atoms with Gasteiger partial charge in [0.2, 0.25) is 11.8 Å². The standard InChI is InChI=1S/C22H37N5O2.HI/c1-6-23-22(24-13-12-21(29)27(7-2)8-3)25-16-18-10-9-11-19(15-18)26-20(28)14-17(4)5;/h9-11,15,17H,6-8,12-14,16H2,1-5H3,(H,26,28)(H2,23,24,25);1H. The molecule has 0 fully saturated rings. The highest BCUT2D eigenvalue weighted by atomic mass is 127. The van der Waals surface area contributed by atoms with Crippen LogP contribution in [0.4, 0.5) is 5.69 Å². The van der Waals surface area contributed by atoms with Crippen LogP contribution in [0.3, 0.4) is 0 Å². The van der Waals surface area contributed by atoms with E-state index in [1.807, 2.05) is 63.8 Å². The Morgan fingerprint density at radius 3 is 2.40 bits per heavy atom. The number of carbonyl (C=O) groups excluding carboxylic acids is 2. The minimum atomic E-state index is 0. The van der Waals surface area contributed by atoms with Crippen molar-refractivity contribution >= 4 is 47.4 Å². The smallest absolute Gasteiger partial charge is 0.224 e. The van der Waals surface area contributed by atoms with E-state index in [-0.39, 0.29) is 35.8 Å². The zero-order valence-electron chi connectivity index (χ0n) is 19.0. The lowest BCUT2D eigenvalue weighted by atomic mass is 10.1. The first kappa shape index (κ1) is 28.2. The van der Waals surface area contributed by atoms with Gasteiger partial charge in [-0.1, -0.05) is 26.0 Å². The number of hydrogen-bond acceptors (Lipinski definition) is 3. The fourth-order valence-electron chi connectivity index (χ4n) is 2.86. The van der Waals surface area contributed by atoms with Crippen LogP contribution in [0.15, 0.2) is 29.3 Å². The highest BCUT2D eigenvalue weighted by Gasteiger charge is 2.09. The Balaban J connectivity index is 0.00000841. The molecule has 1 aromatic rings. The SMILES string of the molecule is CCNC(=NCc1cccc(NC(=O)CC(C)C)c1)NCCC(=O)N(CC)CC.I. The van der Waals surface area contributed by atoms with Crippen molar-refractivity contribution in [1.82, 2.24) is 15.5 Å². The van der Waals surface area contributed by atoms with Crippen LogP contribution >= 0.6 is 24.0 Å². The van der Waals surface area contributed by atoms with Crippen LogP contribution in [0, 0.1) is 5.92 Å². The summed E-state index contributed by atoms with van der Waals surface area (Å²) in [4.78, 5) is 30.5. The summed E-state index contributed by atoms with van der Waals surface area (Å²) in [6, 6.07) is 7.72. The third-order valence-electron chi connectivity index (χ3n) is 4.32. The summed E-state index contributed by atoms with van der Waals surface area (Å²) in [5, 5.41) is 9.35. The van der Waals surface area contributed by atoms with Crippen molar-refractivity contribution < 1.29 is 9.59 Å². The third kappa shape index (κ3) is 11.4. The molecule has 7 nitrogen and oxygen atoms in total. The molecule has 3 N–H and O–H groups in total. The van der Waals surface area contributed by atoms with Crippen LogP contribution in [0.1, 0.15) is 53.0 Å². The van der Waals surface area contributed by atoms with Gasteiger partial charge in [0.15, 0.2) is 5.96 Å². The van der Waals surface area contributed by atoms with Gasteiger partial charge in [0.1, 0.15) is 0 Å². The van der Waals surface area contributed by atoms with E-state index in [0.29, 0.717) is 37.8 Å². The lowest BCUT2D eigenvalue weighted by molar-refractivity contribution is -0.130. The number of nitrogens with one attached hydrogen (secondary N) is 3. The number of nitrogens with zero attached hydrogens (tertiary/aromatic N) is 2. The summed E-state index contributed by atoms with van der Waals surface area (Å²) < 4.78 is 0. The summed E-state index contributed by atoms with van der Waals surface area (Å²) in [6.07, 6.45) is 0.937. The molecule has 0 saturated carbocycles. The summed E-state index contributed by atoms with van der Waals surface area (Å²) >= 11 is 0. The molecule has 0 aliphatic heterocycles. The van der Waals surface area contributed by atoms with Crippen LogP contribution in [0.2, 0.25) is 0 Å². The maximum absolute atomic E-state index is 12.1. The second-order valence-electron chi connectivity index (χ2n) is 7.28. The molecular formula is C22H38IN5O2. The number of aliphatic imine (C=N–C) groups is 1. The van der Waals surface area contributed by atoms with Crippen molar-refractivity contribution in [1.29, 1.82) is 0 Å². The molecule has 0 bridgehead atoms. The lowest BCUT2D eigenvalue weighted by Crippen LogP contribution is -2.40. The highest BCUT2D eigenvalue weighted by Crippen LogP contribution is 2.13. The average molecular weight is 531 g/mol. The molecule has 30 heavy (non-hydrogen) atoms. The van der Waals surface area contributed by atoms with Gasteiger partial charge in [-0.15, -0.1) is 24.0 Å². The molecule has 0 radical (unpaired) electrons. The Kier molecular flexibility index (Phi) is 15.0. The number of guanidine groups is 1. The fourth-order valence-corrected chi connectivity index (χ4v) is 2.86. The Morgan fingerprint density at radius 1 is 1.10 bits per heavy atom. The Morgan fingerprint density at radius 2 is 1.80 bits per heavy atom. The molecule has 8 heteroatoms. The number of halogens is 1. The summed E-state index contributed by atoms with van der Waals surface area (Å²) in [5.74, 6) is 1.16. The fraction of sp³-hybridized carbons (Fsp3) is 0.591. The molecule has 0 aliphatic carbocycles. The molecule has 170 valence electrons. The number of benzene rings is 1. The van der Waals surface area contributed by atoms with Gasteiger partial charge in [0, 0.05) is 44.7 Å². The molecule has 0 spiro atoms. The van der Waals surface area contributed by atoms with Gasteiger partial charge in [0.25, 0.3) is 0 Å². The van der Waals surface area contributed by atoms with Crippen LogP contribution in [-0.2, 0) is 16.1 Å². The zero-order valence-corrected chi connectivity index (χ0v) is 21.3. The van der Waals surface area contributed by atoms with Gasteiger partial charge in [0.05, 0.1) is 6.54 Å². The van der Waals surface area contributed by atoms with E-state index in [9.17, 15) is 9.59 Å². The van der Waals surface area contributed by atoms with E-state index in [2.05, 4.69) is 20.9 Å². The number of hydrogen-bond donors (Lipinski definition) is 3. The largest absolute Gasteiger partial charge is 0.357 e. The molecule has 0 atom stereocenters. The molecule has 1 aromatic carbocycles. The number of carbonyl (C=O) groups is 2. The van der Waals surface area contributed by atoms with Crippen LogP contribution in [-0.4, -0.2) is 48.9 Å². The van der Waals surface area contributed by atoms with E-state index < -0.39 is 0 Å². The number of amides is 2. The molecule has 2 amide bonds. The van der Waals surface area contributed by atoms with Gasteiger partial charge >= 0.3 is 0 Å². The number of rotatable bonds is 11. The Labute approximate surface area is 198 Å². The van der Waals surface area contributed by atoms with Crippen molar-refractivity contribution in [3.05, 3.63) is 29.8 Å². The second-order valence-corrected chi connectivity index (χ2v) is 7.28. The lowest BCUT2D eigenvalue weighted by Gasteiger charge is -2.19. The van der Waals surface area contributed by atoms with Crippen molar-refractivity contribution in [2.24, 2.45) is 10.9 Å². The quantitative estimate of drug-likeness (QED) is 0.232. The Hall–Kier alpha value is -1.84. The Bertz CT molecular complexity index is 675. The van der Waals surface area contributed by atoms with Crippen LogP contribution < -0.4 is 16.0 Å². The minimum absolute atomic E-state index is 0. The molecule has 0 unspecified atom stereocenters. The first-order chi connectivity index (χ1) is 13.9. The predicted molar refractivity (Wildman–Crippen MR) is 135 cm³/mol. The normalized spacial score (nSPS) is 10.9. The van der Waals surface area contributed by atoms with Crippen molar-refractivity contribution in [2.75, 3.05) is 31.5 Å².